The van der Waals surface area contributed by atoms with Crippen LogP contribution in [0.25, 0.3) is 10.9 Å². The Morgan fingerprint density at radius 3 is 2.88 bits per heavy atom. The molecule has 2 N–H and O–H groups in total. The summed E-state index contributed by atoms with van der Waals surface area (Å²) in [6, 6.07) is 8.80. The van der Waals surface area contributed by atoms with Gasteiger partial charge in [0.1, 0.15) is 0 Å². The Kier molecular flexibility index (Phi) is 4.57. The van der Waals surface area contributed by atoms with Gasteiger partial charge in [0.25, 0.3) is 11.5 Å². The van der Waals surface area contributed by atoms with Gasteiger partial charge in [-0.1, -0.05) is 18.2 Å². The van der Waals surface area contributed by atoms with Crippen LogP contribution in [0.4, 0.5) is 5.13 Å². The average Bonchev–Trinajstić information content (AvgIpc) is 3.14. The number of fused-ring (bicyclic) bond motifs is 1. The molecule has 0 atom stereocenters. The van der Waals surface area contributed by atoms with Gasteiger partial charge in [0.05, 0.1) is 11.1 Å². The van der Waals surface area contributed by atoms with Gasteiger partial charge in [-0.25, -0.2) is 4.98 Å². The van der Waals surface area contributed by atoms with Crippen molar-refractivity contribution in [2.75, 3.05) is 18.4 Å². The van der Waals surface area contributed by atoms with E-state index in [2.05, 4.69) is 15.6 Å². The Balaban J connectivity index is 1.61. The molecule has 6 nitrogen and oxygen atoms in total. The van der Waals surface area contributed by atoms with Crippen molar-refractivity contribution in [1.82, 2.24) is 14.9 Å². The van der Waals surface area contributed by atoms with Gasteiger partial charge in [0, 0.05) is 29.6 Å². The molecule has 2 aromatic heterocycles. The predicted molar refractivity (Wildman–Crippen MR) is 104 cm³/mol. The highest BCUT2D eigenvalue weighted by Crippen LogP contribution is 2.32. The summed E-state index contributed by atoms with van der Waals surface area (Å²) in [4.78, 5) is 30.5. The fraction of sp³-hybridized carbons (Fsp3) is 0.316. The number of para-hydroxylation sites is 1. The summed E-state index contributed by atoms with van der Waals surface area (Å²) in [5.74, 6) is 0.203. The molecule has 7 heteroatoms. The number of amides is 1. The minimum Gasteiger partial charge on any atom is -0.317 e. The van der Waals surface area contributed by atoms with Gasteiger partial charge in [0.15, 0.2) is 5.13 Å². The zero-order chi connectivity index (χ0) is 18.1. The molecule has 3 heterocycles. The van der Waals surface area contributed by atoms with Crippen LogP contribution in [0.1, 0.15) is 34.0 Å². The zero-order valence-electron chi connectivity index (χ0n) is 14.5. The number of nitrogens with one attached hydrogen (secondary N) is 2. The zero-order valence-corrected chi connectivity index (χ0v) is 15.3. The number of aromatic nitrogens is 2. The molecule has 1 aliphatic heterocycles. The molecule has 4 rings (SSSR count). The quantitative estimate of drug-likeness (QED) is 0.745. The number of carbonyl (C=O) groups excluding carboxylic acids is 1. The van der Waals surface area contributed by atoms with Crippen molar-refractivity contribution >= 4 is 33.3 Å². The normalized spacial score (nSPS) is 15.3. The molecule has 1 fully saturated rings. The topological polar surface area (TPSA) is 76.0 Å². The Hall–Kier alpha value is -2.51. The largest absolute Gasteiger partial charge is 0.317 e. The second-order valence-corrected chi connectivity index (χ2v) is 7.58. The third-order valence-electron chi connectivity index (χ3n) is 4.88. The SMILES string of the molecule is Cn1c(=O)cc(C(=O)Nc2ncc(C3CCNCC3)s2)c2ccccc21. The lowest BCUT2D eigenvalue weighted by molar-refractivity contribution is 0.102. The predicted octanol–water partition coefficient (Wildman–Crippen LogP) is 2.71. The van der Waals surface area contributed by atoms with E-state index in [1.807, 2.05) is 30.5 Å². The minimum absolute atomic E-state index is 0.205. The maximum Gasteiger partial charge on any atom is 0.258 e. The Labute approximate surface area is 154 Å². The molecule has 1 aromatic carbocycles. The molecular formula is C19H20N4O2S. The molecule has 1 amide bonds. The van der Waals surface area contributed by atoms with Gasteiger partial charge in [0.2, 0.25) is 0 Å². The number of nitrogens with zero attached hydrogens (tertiary/aromatic N) is 2. The van der Waals surface area contributed by atoms with E-state index in [4.69, 9.17) is 0 Å². The van der Waals surface area contributed by atoms with Crippen molar-refractivity contribution in [2.24, 2.45) is 7.05 Å². The van der Waals surface area contributed by atoms with E-state index in [9.17, 15) is 9.59 Å². The summed E-state index contributed by atoms with van der Waals surface area (Å²) in [7, 11) is 1.71. The number of hydrogen-bond acceptors (Lipinski definition) is 5. The summed E-state index contributed by atoms with van der Waals surface area (Å²) in [6.07, 6.45) is 4.04. The summed E-state index contributed by atoms with van der Waals surface area (Å²) < 4.78 is 1.55. The van der Waals surface area contributed by atoms with Crippen LogP contribution in [0.5, 0.6) is 0 Å². The van der Waals surface area contributed by atoms with Crippen LogP contribution < -0.4 is 16.2 Å². The van der Waals surface area contributed by atoms with Crippen LogP contribution in [-0.2, 0) is 7.05 Å². The molecule has 0 saturated carbocycles. The lowest BCUT2D eigenvalue weighted by Crippen LogP contribution is -2.26. The smallest absolute Gasteiger partial charge is 0.258 e. The van der Waals surface area contributed by atoms with E-state index >= 15 is 0 Å². The summed E-state index contributed by atoms with van der Waals surface area (Å²) in [6.45, 7) is 2.03. The first-order valence-electron chi connectivity index (χ1n) is 8.70. The fourth-order valence-corrected chi connectivity index (χ4v) is 4.38. The number of benzene rings is 1. The number of anilines is 1. The van der Waals surface area contributed by atoms with Crippen molar-refractivity contribution in [3.8, 4) is 0 Å². The third-order valence-corrected chi connectivity index (χ3v) is 5.96. The number of aryl methyl sites for hydroxylation is 1. The number of hydrogen-bond donors (Lipinski definition) is 2. The minimum atomic E-state index is -0.301. The fourth-order valence-electron chi connectivity index (χ4n) is 3.40. The maximum absolute atomic E-state index is 12.8. The van der Waals surface area contributed by atoms with E-state index in [1.165, 1.54) is 22.3 Å². The van der Waals surface area contributed by atoms with Crippen molar-refractivity contribution in [1.29, 1.82) is 0 Å². The highest BCUT2D eigenvalue weighted by atomic mass is 32.1. The van der Waals surface area contributed by atoms with Gasteiger partial charge in [-0.15, -0.1) is 11.3 Å². The Morgan fingerprint density at radius 2 is 2.08 bits per heavy atom. The molecule has 1 aliphatic rings. The Bertz CT molecular complexity index is 1020. The molecule has 0 bridgehead atoms. The maximum atomic E-state index is 12.8. The molecule has 1 saturated heterocycles. The first-order valence-corrected chi connectivity index (χ1v) is 9.51. The van der Waals surface area contributed by atoms with Gasteiger partial charge in [-0.05, 0) is 37.9 Å². The highest BCUT2D eigenvalue weighted by molar-refractivity contribution is 7.15. The molecule has 0 radical (unpaired) electrons. The van der Waals surface area contributed by atoms with E-state index < -0.39 is 0 Å². The first-order chi connectivity index (χ1) is 12.6. The molecule has 0 unspecified atom stereocenters. The molecule has 0 aliphatic carbocycles. The second kappa shape index (κ2) is 7.01. The van der Waals surface area contributed by atoms with Crippen molar-refractivity contribution < 1.29 is 4.79 Å². The van der Waals surface area contributed by atoms with Crippen molar-refractivity contribution in [3.05, 3.63) is 57.3 Å². The van der Waals surface area contributed by atoms with E-state index in [1.54, 1.807) is 11.6 Å². The van der Waals surface area contributed by atoms with Crippen LogP contribution in [0.15, 0.2) is 41.3 Å². The summed E-state index contributed by atoms with van der Waals surface area (Å²) in [5, 5.41) is 7.55. The van der Waals surface area contributed by atoms with E-state index in [0.717, 1.165) is 36.8 Å². The van der Waals surface area contributed by atoms with Crippen LogP contribution >= 0.6 is 11.3 Å². The average molecular weight is 368 g/mol. The standard InChI is InChI=1S/C19H20N4O2S/c1-23-15-5-3-2-4-13(15)14(10-17(23)24)18(25)22-19-21-11-16(26-19)12-6-8-20-9-7-12/h2-5,10-12,20H,6-9H2,1H3,(H,21,22,25). The van der Waals surface area contributed by atoms with Gasteiger partial charge in [-0.3, -0.25) is 14.9 Å². The van der Waals surface area contributed by atoms with E-state index in [0.29, 0.717) is 16.6 Å². The number of carbonyl (C=O) groups is 1. The molecule has 3 aromatic rings. The molecule has 134 valence electrons. The van der Waals surface area contributed by atoms with E-state index in [-0.39, 0.29) is 11.5 Å². The number of pyridine rings is 1. The summed E-state index contributed by atoms with van der Waals surface area (Å²) in [5.41, 5.74) is 0.908. The second-order valence-electron chi connectivity index (χ2n) is 6.52. The van der Waals surface area contributed by atoms with Crippen LogP contribution in [0.3, 0.4) is 0 Å². The lowest BCUT2D eigenvalue weighted by atomic mass is 9.97. The number of thiazole rings is 1. The lowest BCUT2D eigenvalue weighted by Gasteiger charge is -2.20. The monoisotopic (exact) mass is 368 g/mol. The van der Waals surface area contributed by atoms with Crippen molar-refractivity contribution in [2.45, 2.75) is 18.8 Å². The van der Waals surface area contributed by atoms with Gasteiger partial charge >= 0.3 is 0 Å². The van der Waals surface area contributed by atoms with Crippen LogP contribution in [-0.4, -0.2) is 28.5 Å². The Morgan fingerprint density at radius 1 is 1.31 bits per heavy atom. The number of rotatable bonds is 3. The van der Waals surface area contributed by atoms with Gasteiger partial charge < -0.3 is 9.88 Å². The molecular weight excluding hydrogens is 348 g/mol. The van der Waals surface area contributed by atoms with Crippen LogP contribution in [0, 0.1) is 0 Å². The highest BCUT2D eigenvalue weighted by Gasteiger charge is 2.19. The molecule has 26 heavy (non-hydrogen) atoms. The number of piperidine rings is 1. The first kappa shape index (κ1) is 16.9. The van der Waals surface area contributed by atoms with Crippen molar-refractivity contribution in [3.63, 3.8) is 0 Å². The summed E-state index contributed by atoms with van der Waals surface area (Å²) >= 11 is 1.52. The molecule has 0 spiro atoms. The van der Waals surface area contributed by atoms with Gasteiger partial charge in [-0.2, -0.15) is 0 Å². The van der Waals surface area contributed by atoms with Crippen LogP contribution in [0.2, 0.25) is 0 Å². The third kappa shape index (κ3) is 3.15.